The molecule has 0 unspecified atom stereocenters. The van der Waals surface area contributed by atoms with E-state index in [4.69, 9.17) is 0 Å². The van der Waals surface area contributed by atoms with Gasteiger partial charge in [-0.25, -0.2) is 0 Å². The van der Waals surface area contributed by atoms with Gasteiger partial charge in [-0.2, -0.15) is 12.6 Å². The predicted octanol–water partition coefficient (Wildman–Crippen LogP) is 0.376. The molecule has 13 heavy (non-hydrogen) atoms. The number of hydrogen-bond donors (Lipinski definition) is 2. The van der Waals surface area contributed by atoms with Crippen LogP contribution in [0.15, 0.2) is 0 Å². The van der Waals surface area contributed by atoms with Crippen molar-refractivity contribution in [2.75, 3.05) is 18.9 Å². The highest BCUT2D eigenvalue weighted by Crippen LogP contribution is 1.88. The van der Waals surface area contributed by atoms with Gasteiger partial charge in [0.15, 0.2) is 6.61 Å². The number of rotatable bonds is 6. The van der Waals surface area contributed by atoms with Gasteiger partial charge in [-0.1, -0.05) is 0 Å². The van der Waals surface area contributed by atoms with Crippen LogP contribution in [0, 0.1) is 0 Å². The van der Waals surface area contributed by atoms with Gasteiger partial charge in [-0.05, 0) is 18.6 Å². The predicted molar refractivity (Wildman–Crippen MR) is 52.7 cm³/mol. The van der Waals surface area contributed by atoms with Crippen molar-refractivity contribution >= 4 is 24.5 Å². The second-order valence-electron chi connectivity index (χ2n) is 2.56. The molecule has 0 atom stereocenters. The average Bonchev–Trinajstić information content (AvgIpc) is 2.09. The van der Waals surface area contributed by atoms with E-state index in [1.54, 1.807) is 0 Å². The fourth-order valence-corrected chi connectivity index (χ4v) is 0.906. The number of ether oxygens (including phenoxy) is 1. The zero-order valence-electron chi connectivity index (χ0n) is 7.71. The van der Waals surface area contributed by atoms with E-state index in [9.17, 15) is 9.59 Å². The molecule has 0 saturated carbocycles. The average molecular weight is 205 g/mol. The van der Waals surface area contributed by atoms with Crippen LogP contribution in [0.5, 0.6) is 0 Å². The first-order valence-electron chi connectivity index (χ1n) is 4.17. The molecule has 1 amide bonds. The van der Waals surface area contributed by atoms with Gasteiger partial charge < -0.3 is 10.1 Å². The Bertz CT molecular complexity index is 173. The van der Waals surface area contributed by atoms with Crippen LogP contribution in [0.25, 0.3) is 0 Å². The molecule has 0 spiro atoms. The van der Waals surface area contributed by atoms with E-state index in [1.807, 2.05) is 0 Å². The van der Waals surface area contributed by atoms with E-state index in [-0.39, 0.29) is 12.5 Å². The standard InChI is InChI=1S/C8H15NO3S/c1-7(10)12-6-8(11)9-4-2-3-5-13/h13H,2-6H2,1H3,(H,9,11). The summed E-state index contributed by atoms with van der Waals surface area (Å²) in [5, 5.41) is 2.62. The van der Waals surface area contributed by atoms with E-state index in [0.717, 1.165) is 18.6 Å². The lowest BCUT2D eigenvalue weighted by Gasteiger charge is -2.03. The maximum Gasteiger partial charge on any atom is 0.303 e. The number of hydrogen-bond acceptors (Lipinski definition) is 4. The summed E-state index contributed by atoms with van der Waals surface area (Å²) >= 11 is 4.03. The van der Waals surface area contributed by atoms with Gasteiger partial charge in [0.25, 0.3) is 5.91 Å². The first-order chi connectivity index (χ1) is 6.16. The molecule has 0 aliphatic carbocycles. The third-order valence-electron chi connectivity index (χ3n) is 1.31. The number of thiol groups is 1. The first-order valence-corrected chi connectivity index (χ1v) is 4.81. The van der Waals surface area contributed by atoms with Crippen molar-refractivity contribution in [3.63, 3.8) is 0 Å². The van der Waals surface area contributed by atoms with Crippen LogP contribution < -0.4 is 5.32 Å². The Morgan fingerprint density at radius 3 is 2.62 bits per heavy atom. The zero-order valence-corrected chi connectivity index (χ0v) is 8.60. The molecule has 0 rings (SSSR count). The van der Waals surface area contributed by atoms with Gasteiger partial charge >= 0.3 is 5.97 Å². The van der Waals surface area contributed by atoms with Crippen LogP contribution in [-0.4, -0.2) is 30.8 Å². The van der Waals surface area contributed by atoms with E-state index in [0.29, 0.717) is 6.54 Å². The Labute approximate surface area is 83.4 Å². The quantitative estimate of drug-likeness (QED) is 0.374. The molecule has 0 fully saturated rings. The number of carbonyl (C=O) groups is 2. The number of nitrogens with one attached hydrogen (secondary N) is 1. The number of amides is 1. The Morgan fingerprint density at radius 2 is 2.08 bits per heavy atom. The van der Waals surface area contributed by atoms with Gasteiger partial charge in [0, 0.05) is 13.5 Å². The Balaban J connectivity index is 3.25. The van der Waals surface area contributed by atoms with Gasteiger partial charge in [0.2, 0.25) is 0 Å². The van der Waals surface area contributed by atoms with E-state index in [1.165, 1.54) is 6.92 Å². The summed E-state index contributed by atoms with van der Waals surface area (Å²) in [7, 11) is 0. The molecule has 0 aliphatic heterocycles. The summed E-state index contributed by atoms with van der Waals surface area (Å²) in [6.45, 7) is 1.70. The Kier molecular flexibility index (Phi) is 7.48. The lowest BCUT2D eigenvalue weighted by atomic mass is 10.3. The molecular formula is C8H15NO3S. The van der Waals surface area contributed by atoms with Crippen LogP contribution in [-0.2, 0) is 14.3 Å². The Morgan fingerprint density at radius 1 is 1.38 bits per heavy atom. The summed E-state index contributed by atoms with van der Waals surface area (Å²) in [6.07, 6.45) is 1.87. The highest BCUT2D eigenvalue weighted by Gasteiger charge is 2.01. The summed E-state index contributed by atoms with van der Waals surface area (Å²) in [4.78, 5) is 21.2. The highest BCUT2D eigenvalue weighted by molar-refractivity contribution is 7.80. The molecular weight excluding hydrogens is 190 g/mol. The fraction of sp³-hybridized carbons (Fsp3) is 0.750. The van der Waals surface area contributed by atoms with Crippen LogP contribution in [0.3, 0.4) is 0 Å². The van der Waals surface area contributed by atoms with Crippen LogP contribution in [0.1, 0.15) is 19.8 Å². The van der Waals surface area contributed by atoms with Crippen LogP contribution >= 0.6 is 12.6 Å². The topological polar surface area (TPSA) is 55.4 Å². The maximum absolute atomic E-state index is 10.9. The summed E-state index contributed by atoms with van der Waals surface area (Å²) in [5.41, 5.74) is 0. The molecule has 76 valence electrons. The van der Waals surface area contributed by atoms with Gasteiger partial charge in [-0.15, -0.1) is 0 Å². The Hall–Kier alpha value is -0.710. The molecule has 0 aromatic heterocycles. The fourth-order valence-electron chi connectivity index (χ4n) is 0.683. The van der Waals surface area contributed by atoms with Crippen molar-refractivity contribution in [2.45, 2.75) is 19.8 Å². The van der Waals surface area contributed by atoms with Gasteiger partial charge in [0.1, 0.15) is 0 Å². The minimum absolute atomic E-state index is 0.184. The lowest BCUT2D eigenvalue weighted by Crippen LogP contribution is -2.29. The monoisotopic (exact) mass is 205 g/mol. The van der Waals surface area contributed by atoms with Crippen molar-refractivity contribution < 1.29 is 14.3 Å². The molecule has 0 aromatic carbocycles. The normalized spacial score (nSPS) is 9.38. The summed E-state index contributed by atoms with van der Waals surface area (Å²) < 4.78 is 4.49. The smallest absolute Gasteiger partial charge is 0.303 e. The van der Waals surface area contributed by atoms with Gasteiger partial charge in [0.05, 0.1) is 0 Å². The van der Waals surface area contributed by atoms with Crippen LogP contribution in [0.2, 0.25) is 0 Å². The lowest BCUT2D eigenvalue weighted by molar-refractivity contribution is -0.146. The molecule has 1 N–H and O–H groups in total. The minimum atomic E-state index is -0.439. The zero-order chi connectivity index (χ0) is 10.1. The van der Waals surface area contributed by atoms with Crippen molar-refractivity contribution in [3.05, 3.63) is 0 Å². The molecule has 0 heterocycles. The van der Waals surface area contributed by atoms with Crippen LogP contribution in [0.4, 0.5) is 0 Å². The van der Waals surface area contributed by atoms with Gasteiger partial charge in [-0.3, -0.25) is 9.59 Å². The summed E-state index contributed by atoms with van der Waals surface area (Å²) in [6, 6.07) is 0. The number of esters is 1. The molecule has 0 bridgehead atoms. The maximum atomic E-state index is 10.9. The van der Waals surface area contributed by atoms with E-state index in [2.05, 4.69) is 22.7 Å². The number of carbonyl (C=O) groups excluding carboxylic acids is 2. The molecule has 0 aromatic rings. The highest BCUT2D eigenvalue weighted by atomic mass is 32.1. The molecule has 0 saturated heterocycles. The molecule has 0 radical (unpaired) electrons. The van der Waals surface area contributed by atoms with E-state index < -0.39 is 5.97 Å². The number of unbranched alkanes of at least 4 members (excludes halogenated alkanes) is 1. The van der Waals surface area contributed by atoms with Crippen molar-refractivity contribution in [1.82, 2.24) is 5.32 Å². The second kappa shape index (κ2) is 7.91. The molecule has 4 nitrogen and oxygen atoms in total. The van der Waals surface area contributed by atoms with Crippen molar-refractivity contribution in [3.8, 4) is 0 Å². The third-order valence-corrected chi connectivity index (χ3v) is 1.63. The third kappa shape index (κ3) is 9.20. The minimum Gasteiger partial charge on any atom is -0.456 e. The molecule has 5 heteroatoms. The first kappa shape index (κ1) is 12.3. The SMILES string of the molecule is CC(=O)OCC(=O)NCCCCS. The van der Waals surface area contributed by atoms with Crippen molar-refractivity contribution in [1.29, 1.82) is 0 Å². The van der Waals surface area contributed by atoms with E-state index >= 15 is 0 Å². The second-order valence-corrected chi connectivity index (χ2v) is 3.01. The molecule has 0 aliphatic rings. The van der Waals surface area contributed by atoms with Crippen molar-refractivity contribution in [2.24, 2.45) is 0 Å². The largest absolute Gasteiger partial charge is 0.456 e. The summed E-state index contributed by atoms with van der Waals surface area (Å²) in [5.74, 6) is 0.125.